The highest BCUT2D eigenvalue weighted by Crippen LogP contribution is 2.45. The molecular weight excluding hydrogens is 556 g/mol. The maximum atomic E-state index is 13.2. The third-order valence-corrected chi connectivity index (χ3v) is 8.51. The Morgan fingerprint density at radius 3 is 2.37 bits per heavy atom. The van der Waals surface area contributed by atoms with Crippen LogP contribution in [0.5, 0.6) is 11.5 Å². The van der Waals surface area contributed by atoms with Crippen LogP contribution in [0.25, 0.3) is 0 Å². The van der Waals surface area contributed by atoms with E-state index in [1.54, 1.807) is 13.0 Å². The number of carbonyl (C=O) groups is 2. The number of hydrogen-bond donors (Lipinski definition) is 2. The summed E-state index contributed by atoms with van der Waals surface area (Å²) in [6, 6.07) is 5.95. The molecule has 0 saturated carbocycles. The van der Waals surface area contributed by atoms with Crippen LogP contribution in [0.3, 0.4) is 0 Å². The lowest BCUT2D eigenvalue weighted by molar-refractivity contribution is -0.385. The van der Waals surface area contributed by atoms with Gasteiger partial charge in [-0.15, -0.1) is 0 Å². The number of dihydropyridines is 1. The fourth-order valence-electron chi connectivity index (χ4n) is 5.88. The summed E-state index contributed by atoms with van der Waals surface area (Å²) >= 11 is 0. The Hall–Kier alpha value is -4.38. The molecule has 2 aliphatic rings. The van der Waals surface area contributed by atoms with Crippen molar-refractivity contribution in [1.29, 1.82) is 0 Å². The van der Waals surface area contributed by atoms with Gasteiger partial charge in [0.05, 0.1) is 55.1 Å². The summed E-state index contributed by atoms with van der Waals surface area (Å²) in [4.78, 5) is 37.5. The first kappa shape index (κ1) is 31.6. The van der Waals surface area contributed by atoms with Gasteiger partial charge in [0.15, 0.2) is 0 Å². The van der Waals surface area contributed by atoms with Crippen molar-refractivity contribution in [3.63, 3.8) is 0 Å². The molecule has 0 aromatic heterocycles. The first-order valence-corrected chi connectivity index (χ1v) is 14.0. The molecule has 0 bridgehead atoms. The van der Waals surface area contributed by atoms with Gasteiger partial charge in [0, 0.05) is 29.3 Å². The quantitative estimate of drug-likeness (QED) is 0.176. The van der Waals surface area contributed by atoms with Crippen LogP contribution in [0.4, 0.5) is 5.69 Å². The number of nitro benzene ring substituents is 1. The van der Waals surface area contributed by atoms with E-state index >= 15 is 0 Å². The Morgan fingerprint density at radius 1 is 1.07 bits per heavy atom. The van der Waals surface area contributed by atoms with E-state index in [-0.39, 0.29) is 35.6 Å². The molecule has 11 heteroatoms. The normalized spacial score (nSPS) is 19.7. The number of esters is 2. The number of rotatable bonds is 9. The van der Waals surface area contributed by atoms with Crippen LogP contribution in [0.1, 0.15) is 60.4 Å². The predicted octanol–water partition coefficient (Wildman–Crippen LogP) is 4.98. The molecule has 0 amide bonds. The summed E-state index contributed by atoms with van der Waals surface area (Å²) < 4.78 is 22.6. The molecule has 2 aliphatic heterocycles. The lowest BCUT2D eigenvalue weighted by Gasteiger charge is -2.38. The van der Waals surface area contributed by atoms with E-state index < -0.39 is 28.4 Å². The predicted molar refractivity (Wildman–Crippen MR) is 158 cm³/mol. The number of carbonyl (C=O) groups excluding carboxylic acids is 2. The second-order valence-electron chi connectivity index (χ2n) is 11.2. The van der Waals surface area contributed by atoms with Crippen molar-refractivity contribution in [1.82, 2.24) is 5.32 Å². The van der Waals surface area contributed by atoms with Crippen molar-refractivity contribution in [3.05, 3.63) is 84.7 Å². The van der Waals surface area contributed by atoms with E-state index in [9.17, 15) is 24.8 Å². The van der Waals surface area contributed by atoms with Gasteiger partial charge in [-0.05, 0) is 64.2 Å². The average molecular weight is 595 g/mol. The second-order valence-corrected chi connectivity index (χ2v) is 11.2. The van der Waals surface area contributed by atoms with Gasteiger partial charge in [-0.25, -0.2) is 9.59 Å². The number of allylic oxidation sites excluding steroid dienone is 1. The Balaban J connectivity index is 1.61. The molecule has 43 heavy (non-hydrogen) atoms. The molecule has 2 aromatic rings. The van der Waals surface area contributed by atoms with E-state index in [0.29, 0.717) is 23.6 Å². The van der Waals surface area contributed by atoms with E-state index in [1.165, 1.54) is 32.4 Å². The standard InChI is InChI=1S/C32H38N2O9/c1-17-18(2)29-21(19(3)28(17)35)12-13-32(5,43-29)14-15-42-16-23-27(31(37)41-7)26(25(20(4)33-23)30(36)40-6)22-10-8-9-11-24(22)34(38)39/h8-11,26,33,35H,12-16H2,1-7H3. The van der Waals surface area contributed by atoms with Gasteiger partial charge >= 0.3 is 11.9 Å². The Labute approximate surface area is 250 Å². The molecule has 2 heterocycles. The van der Waals surface area contributed by atoms with E-state index in [4.69, 9.17) is 18.9 Å². The smallest absolute Gasteiger partial charge is 0.336 e. The zero-order valence-corrected chi connectivity index (χ0v) is 25.6. The highest BCUT2D eigenvalue weighted by Gasteiger charge is 2.41. The van der Waals surface area contributed by atoms with Gasteiger partial charge in [0.25, 0.3) is 5.69 Å². The lowest BCUT2D eigenvalue weighted by atomic mass is 9.79. The number of benzene rings is 2. The molecule has 2 unspecified atom stereocenters. The molecule has 11 nitrogen and oxygen atoms in total. The number of phenolic OH excluding ortho intramolecular Hbond substituents is 1. The summed E-state index contributed by atoms with van der Waals surface area (Å²) in [5.74, 6) is -1.50. The average Bonchev–Trinajstić information content (AvgIpc) is 2.99. The molecule has 0 spiro atoms. The summed E-state index contributed by atoms with van der Waals surface area (Å²) in [7, 11) is 2.41. The first-order chi connectivity index (χ1) is 20.3. The number of nitrogens with zero attached hydrogens (tertiary/aromatic N) is 1. The van der Waals surface area contributed by atoms with Crippen LogP contribution in [0, 0.1) is 30.9 Å². The van der Waals surface area contributed by atoms with Crippen LogP contribution >= 0.6 is 0 Å². The third kappa shape index (κ3) is 5.94. The number of nitro groups is 1. The summed E-state index contributed by atoms with van der Waals surface area (Å²) in [6.07, 6.45) is 2.02. The zero-order chi connectivity index (χ0) is 31.6. The number of ether oxygens (including phenoxy) is 4. The van der Waals surface area contributed by atoms with Gasteiger partial charge in [0.1, 0.15) is 17.1 Å². The van der Waals surface area contributed by atoms with Crippen molar-refractivity contribution in [2.75, 3.05) is 27.4 Å². The largest absolute Gasteiger partial charge is 0.507 e. The van der Waals surface area contributed by atoms with Gasteiger partial charge in [-0.2, -0.15) is 0 Å². The van der Waals surface area contributed by atoms with Crippen molar-refractivity contribution in [3.8, 4) is 11.5 Å². The maximum Gasteiger partial charge on any atom is 0.336 e. The van der Waals surface area contributed by atoms with Crippen LogP contribution in [0.2, 0.25) is 0 Å². The van der Waals surface area contributed by atoms with Gasteiger partial charge in [0.2, 0.25) is 0 Å². The molecule has 2 N–H and O–H groups in total. The minimum atomic E-state index is -1.12. The molecule has 0 aliphatic carbocycles. The highest BCUT2D eigenvalue weighted by molar-refractivity contribution is 6.00. The number of methoxy groups -OCH3 is 2. The molecule has 0 fully saturated rings. The molecule has 0 saturated heterocycles. The van der Waals surface area contributed by atoms with E-state index in [1.807, 2.05) is 27.7 Å². The van der Waals surface area contributed by atoms with Crippen molar-refractivity contribution in [2.45, 2.75) is 65.4 Å². The number of hydrogen-bond acceptors (Lipinski definition) is 10. The van der Waals surface area contributed by atoms with Crippen LogP contribution in [-0.2, 0) is 30.2 Å². The topological polar surface area (TPSA) is 146 Å². The number of fused-ring (bicyclic) bond motifs is 1. The Kier molecular flexibility index (Phi) is 9.15. The number of para-hydroxylation sites is 1. The van der Waals surface area contributed by atoms with Gasteiger partial charge in [-0.3, -0.25) is 10.1 Å². The van der Waals surface area contributed by atoms with Crippen LogP contribution in [-0.4, -0.2) is 55.0 Å². The highest BCUT2D eigenvalue weighted by atomic mass is 16.6. The molecule has 0 radical (unpaired) electrons. The SMILES string of the molecule is COC(=O)C1=C(C)NC(COCCC2(C)CCc3c(C)c(O)c(C)c(C)c3O2)=C(C(=O)OC)C1c1ccccc1[N+](=O)[O-]. The summed E-state index contributed by atoms with van der Waals surface area (Å²) in [5.41, 5.74) is 3.75. The van der Waals surface area contributed by atoms with Crippen molar-refractivity contribution in [2.24, 2.45) is 0 Å². The maximum absolute atomic E-state index is 13.2. The van der Waals surface area contributed by atoms with Crippen molar-refractivity contribution < 1.29 is 38.6 Å². The third-order valence-electron chi connectivity index (χ3n) is 8.51. The zero-order valence-electron chi connectivity index (χ0n) is 25.6. The number of nitrogens with one attached hydrogen (secondary N) is 1. The molecule has 230 valence electrons. The van der Waals surface area contributed by atoms with Crippen molar-refractivity contribution >= 4 is 17.6 Å². The van der Waals surface area contributed by atoms with Gasteiger partial charge in [-0.1, -0.05) is 18.2 Å². The molecule has 2 aromatic carbocycles. The fraction of sp³-hybridized carbons (Fsp3) is 0.438. The minimum Gasteiger partial charge on any atom is -0.507 e. The van der Waals surface area contributed by atoms with Gasteiger partial charge < -0.3 is 29.4 Å². The molecule has 4 rings (SSSR count). The first-order valence-electron chi connectivity index (χ1n) is 14.0. The lowest BCUT2D eigenvalue weighted by Crippen LogP contribution is -2.38. The number of aromatic hydroxyl groups is 1. The number of phenols is 1. The van der Waals surface area contributed by atoms with Crippen LogP contribution < -0.4 is 10.1 Å². The summed E-state index contributed by atoms with van der Waals surface area (Å²) in [5, 5.41) is 25.5. The fourth-order valence-corrected chi connectivity index (χ4v) is 5.88. The van der Waals surface area contributed by atoms with Crippen LogP contribution in [0.15, 0.2) is 46.8 Å². The molecule has 2 atom stereocenters. The summed E-state index contributed by atoms with van der Waals surface area (Å²) in [6.45, 7) is 9.61. The second kappa shape index (κ2) is 12.5. The molecular formula is C32H38N2O9. The Morgan fingerprint density at radius 2 is 1.72 bits per heavy atom. The van der Waals surface area contributed by atoms with E-state index in [2.05, 4.69) is 5.32 Å². The van der Waals surface area contributed by atoms with E-state index in [0.717, 1.165) is 40.8 Å². The Bertz CT molecular complexity index is 1540. The minimum absolute atomic E-state index is 0.0261. The monoisotopic (exact) mass is 594 g/mol.